The van der Waals surface area contributed by atoms with E-state index in [1.165, 1.54) is 5.39 Å². The van der Waals surface area contributed by atoms with Gasteiger partial charge in [-0.3, -0.25) is 0 Å². The van der Waals surface area contributed by atoms with Crippen LogP contribution < -0.4 is 16.0 Å². The Hall–Kier alpha value is -3.35. The number of benzene rings is 3. The van der Waals surface area contributed by atoms with E-state index >= 15 is 0 Å². The molecular formula is C26H24ClN5S. The zero-order valence-electron chi connectivity index (χ0n) is 18.2. The third kappa shape index (κ3) is 4.32. The van der Waals surface area contributed by atoms with Crippen LogP contribution in [-0.4, -0.2) is 27.8 Å². The van der Waals surface area contributed by atoms with Crippen molar-refractivity contribution >= 4 is 73.1 Å². The molecule has 5 nitrogen and oxygen atoms in total. The molecule has 0 radical (unpaired) electrons. The Labute approximate surface area is 202 Å². The summed E-state index contributed by atoms with van der Waals surface area (Å²) >= 11 is 11.8. The van der Waals surface area contributed by atoms with Crippen LogP contribution >= 0.6 is 23.8 Å². The summed E-state index contributed by atoms with van der Waals surface area (Å²) in [6, 6.07) is 24.2. The van der Waals surface area contributed by atoms with Crippen molar-refractivity contribution in [3.8, 4) is 0 Å². The second kappa shape index (κ2) is 9.25. The van der Waals surface area contributed by atoms with E-state index < -0.39 is 0 Å². The Balaban J connectivity index is 1.37. The van der Waals surface area contributed by atoms with Gasteiger partial charge in [-0.1, -0.05) is 48.0 Å². The smallest absolute Gasteiger partial charge is 0.170 e. The molecule has 0 aliphatic carbocycles. The van der Waals surface area contributed by atoms with Gasteiger partial charge in [0.1, 0.15) is 5.65 Å². The van der Waals surface area contributed by atoms with Crippen LogP contribution in [0, 0.1) is 0 Å². The molecule has 166 valence electrons. The second-order valence-corrected chi connectivity index (χ2v) is 8.79. The number of para-hydroxylation sites is 2. The van der Waals surface area contributed by atoms with E-state index in [2.05, 4.69) is 51.8 Å². The van der Waals surface area contributed by atoms with Gasteiger partial charge in [-0.25, -0.2) is 4.98 Å². The normalized spacial score (nSPS) is 11.2. The number of halogens is 1. The SMILES string of the molecule is Cn1c2ccccc2c2c(NCCCNC(=S)Nc3ccccc3)c3cc(Cl)ccc3nc21. The summed E-state index contributed by atoms with van der Waals surface area (Å²) < 4.78 is 2.15. The minimum Gasteiger partial charge on any atom is -0.384 e. The number of rotatable bonds is 6. The molecule has 0 saturated carbocycles. The van der Waals surface area contributed by atoms with Crippen LogP contribution in [0.4, 0.5) is 11.4 Å². The van der Waals surface area contributed by atoms with Gasteiger partial charge in [0.2, 0.25) is 0 Å². The van der Waals surface area contributed by atoms with Crippen LogP contribution in [0.3, 0.4) is 0 Å². The molecule has 0 aliphatic heterocycles. The summed E-state index contributed by atoms with van der Waals surface area (Å²) in [5.74, 6) is 0. The number of nitrogens with one attached hydrogen (secondary N) is 3. The largest absolute Gasteiger partial charge is 0.384 e. The summed E-state index contributed by atoms with van der Waals surface area (Å²) in [5, 5.41) is 14.8. The lowest BCUT2D eigenvalue weighted by molar-refractivity contribution is 0.810. The van der Waals surface area contributed by atoms with Crippen LogP contribution in [-0.2, 0) is 7.05 Å². The standard InChI is InChI=1S/C26H24ClN5S/c1-32-22-11-6-5-10-19(22)23-24(20-16-17(27)12-13-21(20)31-25(23)32)28-14-7-15-29-26(33)30-18-8-3-2-4-9-18/h2-6,8-13,16H,7,14-15H2,1H3,(H,28,31)(H2,29,30,33). The highest BCUT2D eigenvalue weighted by molar-refractivity contribution is 7.80. The van der Waals surface area contributed by atoms with Gasteiger partial charge in [-0.2, -0.15) is 0 Å². The van der Waals surface area contributed by atoms with Gasteiger partial charge in [0.15, 0.2) is 5.11 Å². The lowest BCUT2D eigenvalue weighted by Gasteiger charge is -2.14. The molecule has 0 fully saturated rings. The lowest BCUT2D eigenvalue weighted by atomic mass is 10.1. The predicted molar refractivity (Wildman–Crippen MR) is 145 cm³/mol. The maximum atomic E-state index is 6.36. The van der Waals surface area contributed by atoms with Crippen molar-refractivity contribution in [1.29, 1.82) is 0 Å². The van der Waals surface area contributed by atoms with Crippen LogP contribution in [0.25, 0.3) is 32.8 Å². The van der Waals surface area contributed by atoms with E-state index in [0.717, 1.165) is 58.3 Å². The fourth-order valence-corrected chi connectivity index (χ4v) is 4.59. The average Bonchev–Trinajstić information content (AvgIpc) is 3.11. The Morgan fingerprint density at radius 1 is 0.970 bits per heavy atom. The lowest BCUT2D eigenvalue weighted by Crippen LogP contribution is -2.30. The molecule has 2 aromatic heterocycles. The Morgan fingerprint density at radius 3 is 2.61 bits per heavy atom. The van der Waals surface area contributed by atoms with Crippen molar-refractivity contribution < 1.29 is 0 Å². The summed E-state index contributed by atoms with van der Waals surface area (Å²) in [5.41, 5.74) is 5.08. The highest BCUT2D eigenvalue weighted by atomic mass is 35.5. The number of nitrogens with zero attached hydrogens (tertiary/aromatic N) is 2. The molecular weight excluding hydrogens is 450 g/mol. The van der Waals surface area contributed by atoms with Crippen molar-refractivity contribution in [2.45, 2.75) is 6.42 Å². The van der Waals surface area contributed by atoms with Crippen molar-refractivity contribution in [2.24, 2.45) is 7.05 Å². The fraction of sp³-hybridized carbons (Fsp3) is 0.154. The second-order valence-electron chi connectivity index (χ2n) is 7.95. The summed E-state index contributed by atoms with van der Waals surface area (Å²) in [6.45, 7) is 1.54. The monoisotopic (exact) mass is 473 g/mol. The molecule has 3 N–H and O–H groups in total. The van der Waals surface area contributed by atoms with E-state index in [1.54, 1.807) is 0 Å². The highest BCUT2D eigenvalue weighted by Crippen LogP contribution is 2.38. The fourth-order valence-electron chi connectivity index (χ4n) is 4.20. The molecule has 7 heteroatoms. The third-order valence-corrected chi connectivity index (χ3v) is 6.23. The Morgan fingerprint density at radius 2 is 1.76 bits per heavy atom. The van der Waals surface area contributed by atoms with Gasteiger partial charge in [-0.15, -0.1) is 0 Å². The number of anilines is 2. The molecule has 33 heavy (non-hydrogen) atoms. The van der Waals surface area contributed by atoms with E-state index in [1.807, 2.05) is 48.5 Å². The van der Waals surface area contributed by atoms with Crippen LogP contribution in [0.2, 0.25) is 5.02 Å². The molecule has 2 heterocycles. The number of hydrogen-bond acceptors (Lipinski definition) is 3. The highest BCUT2D eigenvalue weighted by Gasteiger charge is 2.16. The molecule has 0 aliphatic rings. The first-order chi connectivity index (χ1) is 16.1. The summed E-state index contributed by atoms with van der Waals surface area (Å²) in [4.78, 5) is 4.95. The van der Waals surface area contributed by atoms with Gasteiger partial charge >= 0.3 is 0 Å². The van der Waals surface area contributed by atoms with E-state index in [0.29, 0.717) is 10.1 Å². The van der Waals surface area contributed by atoms with Gasteiger partial charge in [0.25, 0.3) is 0 Å². The zero-order valence-corrected chi connectivity index (χ0v) is 19.8. The molecule has 0 amide bonds. The quantitative estimate of drug-likeness (QED) is 0.199. The summed E-state index contributed by atoms with van der Waals surface area (Å²) in [6.07, 6.45) is 0.896. The average molecular weight is 474 g/mol. The number of aromatic nitrogens is 2. The number of hydrogen-bond donors (Lipinski definition) is 3. The molecule has 0 bridgehead atoms. The van der Waals surface area contributed by atoms with Crippen molar-refractivity contribution in [1.82, 2.24) is 14.9 Å². The molecule has 3 aromatic carbocycles. The molecule has 0 unspecified atom stereocenters. The first-order valence-corrected chi connectivity index (χ1v) is 11.7. The van der Waals surface area contributed by atoms with E-state index in [-0.39, 0.29) is 0 Å². The van der Waals surface area contributed by atoms with Crippen molar-refractivity contribution in [3.63, 3.8) is 0 Å². The zero-order chi connectivity index (χ0) is 22.8. The molecule has 0 saturated heterocycles. The Bertz CT molecular complexity index is 1460. The number of aryl methyl sites for hydroxylation is 1. The molecule has 0 spiro atoms. The van der Waals surface area contributed by atoms with E-state index in [9.17, 15) is 0 Å². The minimum absolute atomic E-state index is 0.624. The number of thiocarbonyl (C=S) groups is 1. The summed E-state index contributed by atoms with van der Waals surface area (Å²) in [7, 11) is 2.06. The topological polar surface area (TPSA) is 53.9 Å². The first-order valence-electron chi connectivity index (χ1n) is 10.9. The van der Waals surface area contributed by atoms with Crippen LogP contribution in [0.15, 0.2) is 72.8 Å². The van der Waals surface area contributed by atoms with Gasteiger partial charge in [0.05, 0.1) is 22.1 Å². The van der Waals surface area contributed by atoms with Gasteiger partial charge in [-0.05, 0) is 55.0 Å². The van der Waals surface area contributed by atoms with Crippen molar-refractivity contribution in [2.75, 3.05) is 23.7 Å². The maximum absolute atomic E-state index is 6.36. The molecule has 5 aromatic rings. The van der Waals surface area contributed by atoms with Gasteiger partial charge in [0, 0.05) is 41.6 Å². The van der Waals surface area contributed by atoms with E-state index in [4.69, 9.17) is 28.8 Å². The first kappa shape index (κ1) is 21.5. The van der Waals surface area contributed by atoms with Crippen LogP contribution in [0.5, 0.6) is 0 Å². The third-order valence-electron chi connectivity index (χ3n) is 5.75. The maximum Gasteiger partial charge on any atom is 0.170 e. The van der Waals surface area contributed by atoms with Gasteiger partial charge < -0.3 is 20.5 Å². The predicted octanol–water partition coefficient (Wildman–Crippen LogP) is 6.32. The number of pyridine rings is 1. The number of fused-ring (bicyclic) bond motifs is 4. The van der Waals surface area contributed by atoms with Crippen LogP contribution in [0.1, 0.15) is 6.42 Å². The Kier molecular flexibility index (Phi) is 6.03. The van der Waals surface area contributed by atoms with Crippen molar-refractivity contribution in [3.05, 3.63) is 77.8 Å². The molecule has 0 atom stereocenters. The molecule has 5 rings (SSSR count). The minimum atomic E-state index is 0.624.